The Morgan fingerprint density at radius 1 is 1.69 bits per heavy atom. The highest BCUT2D eigenvalue weighted by Crippen LogP contribution is 2.09. The lowest BCUT2D eigenvalue weighted by atomic mass is 10.2. The van der Waals surface area contributed by atoms with Crippen LogP contribution < -0.4 is 5.73 Å². The van der Waals surface area contributed by atoms with Crippen molar-refractivity contribution in [2.75, 3.05) is 11.5 Å². The van der Waals surface area contributed by atoms with Crippen molar-refractivity contribution in [2.45, 2.75) is 13.5 Å². The number of carbonyl (C=O) groups is 1. The lowest BCUT2D eigenvalue weighted by molar-refractivity contribution is -0.109. The normalized spacial score (nSPS) is 9.38. The molecule has 0 fully saturated rings. The summed E-state index contributed by atoms with van der Waals surface area (Å²) in [5.74, 6) is 6.45. The first-order valence-corrected chi connectivity index (χ1v) is 5.59. The minimum Gasteiger partial charge on any atom is -0.392 e. The molecule has 1 rings (SSSR count). The van der Waals surface area contributed by atoms with Gasteiger partial charge in [0.25, 0.3) is 0 Å². The third-order valence-electron chi connectivity index (χ3n) is 1.75. The minimum absolute atomic E-state index is 0.0424. The average Bonchev–Trinajstić information content (AvgIpc) is 2.26. The molecule has 0 spiro atoms. The van der Waals surface area contributed by atoms with Crippen LogP contribution in [-0.2, 0) is 11.4 Å². The zero-order valence-electron chi connectivity index (χ0n) is 8.86. The standard InChI is InChI=1S/C11H12N2O2S/c1-8(15)16-4-2-3-9-5-10(7-14)11(12)13-6-9/h5-6,14H,4,7H2,1H3,(H2,12,13). The van der Waals surface area contributed by atoms with Gasteiger partial charge in [-0.25, -0.2) is 4.98 Å². The summed E-state index contributed by atoms with van der Waals surface area (Å²) in [4.78, 5) is 14.5. The number of carbonyl (C=O) groups excluding carboxylic acids is 1. The van der Waals surface area contributed by atoms with Crippen molar-refractivity contribution in [3.05, 3.63) is 23.4 Å². The molecule has 0 saturated carbocycles. The van der Waals surface area contributed by atoms with Crippen molar-refractivity contribution in [3.63, 3.8) is 0 Å². The monoisotopic (exact) mass is 236 g/mol. The van der Waals surface area contributed by atoms with E-state index in [1.165, 1.54) is 6.92 Å². The number of thioether (sulfide) groups is 1. The highest BCUT2D eigenvalue weighted by molar-refractivity contribution is 8.13. The van der Waals surface area contributed by atoms with Crippen LogP contribution in [0.3, 0.4) is 0 Å². The van der Waals surface area contributed by atoms with Crippen molar-refractivity contribution >= 4 is 22.7 Å². The average molecular weight is 236 g/mol. The summed E-state index contributed by atoms with van der Waals surface area (Å²) in [7, 11) is 0. The van der Waals surface area contributed by atoms with E-state index in [4.69, 9.17) is 10.8 Å². The minimum atomic E-state index is -0.156. The van der Waals surface area contributed by atoms with Gasteiger partial charge >= 0.3 is 0 Å². The number of pyridine rings is 1. The fourth-order valence-electron chi connectivity index (χ4n) is 0.992. The maximum atomic E-state index is 10.6. The van der Waals surface area contributed by atoms with E-state index in [1.807, 2.05) is 0 Å². The Morgan fingerprint density at radius 2 is 2.44 bits per heavy atom. The zero-order chi connectivity index (χ0) is 12.0. The molecular formula is C11H12N2O2S. The van der Waals surface area contributed by atoms with E-state index in [1.54, 1.807) is 12.3 Å². The second kappa shape index (κ2) is 6.16. The Kier molecular flexibility index (Phi) is 4.83. The molecule has 3 N–H and O–H groups in total. The Bertz CT molecular complexity index is 449. The van der Waals surface area contributed by atoms with Crippen LogP contribution in [-0.4, -0.2) is 21.0 Å². The number of nitrogens with zero attached hydrogens (tertiary/aromatic N) is 1. The van der Waals surface area contributed by atoms with Gasteiger partial charge in [0.05, 0.1) is 12.4 Å². The number of nitrogen functional groups attached to an aromatic ring is 1. The largest absolute Gasteiger partial charge is 0.392 e. The van der Waals surface area contributed by atoms with E-state index < -0.39 is 0 Å². The van der Waals surface area contributed by atoms with Gasteiger partial charge in [0.1, 0.15) is 5.82 Å². The summed E-state index contributed by atoms with van der Waals surface area (Å²) in [6.07, 6.45) is 1.54. The SMILES string of the molecule is CC(=O)SCC#Cc1cnc(N)c(CO)c1. The molecule has 84 valence electrons. The molecule has 0 aliphatic rings. The predicted molar refractivity (Wildman–Crippen MR) is 64.6 cm³/mol. The number of hydrogen-bond acceptors (Lipinski definition) is 5. The molecule has 0 bridgehead atoms. The number of rotatable bonds is 2. The molecule has 1 heterocycles. The zero-order valence-corrected chi connectivity index (χ0v) is 9.67. The van der Waals surface area contributed by atoms with Crippen LogP contribution in [0.25, 0.3) is 0 Å². The molecule has 0 amide bonds. The van der Waals surface area contributed by atoms with Crippen LogP contribution in [0.15, 0.2) is 12.3 Å². The lowest BCUT2D eigenvalue weighted by Crippen LogP contribution is -1.98. The number of aliphatic hydroxyl groups is 1. The van der Waals surface area contributed by atoms with Gasteiger partial charge in [-0.1, -0.05) is 23.6 Å². The van der Waals surface area contributed by atoms with Gasteiger partial charge in [-0.15, -0.1) is 0 Å². The molecule has 0 aromatic carbocycles. The smallest absolute Gasteiger partial charge is 0.186 e. The lowest BCUT2D eigenvalue weighted by Gasteiger charge is -2.00. The van der Waals surface area contributed by atoms with Gasteiger partial charge in [-0.3, -0.25) is 4.79 Å². The molecule has 0 aliphatic heterocycles. The van der Waals surface area contributed by atoms with Gasteiger partial charge in [0, 0.05) is 24.2 Å². The number of hydrogen-bond donors (Lipinski definition) is 2. The van der Waals surface area contributed by atoms with E-state index in [0.29, 0.717) is 22.7 Å². The number of anilines is 1. The van der Waals surface area contributed by atoms with Crippen molar-refractivity contribution in [3.8, 4) is 11.8 Å². The second-order valence-electron chi connectivity index (χ2n) is 3.01. The molecular weight excluding hydrogens is 224 g/mol. The van der Waals surface area contributed by atoms with Crippen molar-refractivity contribution in [2.24, 2.45) is 0 Å². The second-order valence-corrected chi connectivity index (χ2v) is 4.16. The van der Waals surface area contributed by atoms with E-state index in [9.17, 15) is 4.79 Å². The summed E-state index contributed by atoms with van der Waals surface area (Å²) in [5, 5.41) is 9.01. The molecule has 5 heteroatoms. The van der Waals surface area contributed by atoms with Gasteiger partial charge in [-0.2, -0.15) is 0 Å². The van der Waals surface area contributed by atoms with Crippen molar-refractivity contribution in [1.29, 1.82) is 0 Å². The number of aliphatic hydroxyl groups excluding tert-OH is 1. The highest BCUT2D eigenvalue weighted by Gasteiger charge is 1.99. The first kappa shape index (κ1) is 12.6. The Labute approximate surface area is 98.3 Å². The summed E-state index contributed by atoms with van der Waals surface area (Å²) in [6, 6.07) is 1.69. The topological polar surface area (TPSA) is 76.2 Å². The van der Waals surface area contributed by atoms with E-state index >= 15 is 0 Å². The maximum Gasteiger partial charge on any atom is 0.186 e. The summed E-state index contributed by atoms with van der Waals surface area (Å²) >= 11 is 1.16. The number of aromatic nitrogens is 1. The van der Waals surface area contributed by atoms with Crippen LogP contribution in [0.4, 0.5) is 5.82 Å². The molecule has 0 saturated heterocycles. The maximum absolute atomic E-state index is 10.6. The summed E-state index contributed by atoms with van der Waals surface area (Å²) < 4.78 is 0. The molecule has 0 unspecified atom stereocenters. The molecule has 1 aromatic heterocycles. The molecule has 4 nitrogen and oxygen atoms in total. The third kappa shape index (κ3) is 3.93. The van der Waals surface area contributed by atoms with Gasteiger partial charge in [-0.05, 0) is 6.07 Å². The van der Waals surface area contributed by atoms with Crippen LogP contribution in [0, 0.1) is 11.8 Å². The van der Waals surface area contributed by atoms with Crippen LogP contribution in [0.1, 0.15) is 18.1 Å². The Balaban J connectivity index is 2.70. The van der Waals surface area contributed by atoms with Crippen LogP contribution in [0.2, 0.25) is 0 Å². The Hall–Kier alpha value is -1.51. The van der Waals surface area contributed by atoms with Crippen molar-refractivity contribution < 1.29 is 9.90 Å². The summed E-state index contributed by atoms with van der Waals surface area (Å²) in [6.45, 7) is 1.34. The fourth-order valence-corrected chi connectivity index (χ4v) is 1.34. The third-order valence-corrected chi connectivity index (χ3v) is 2.45. The predicted octanol–water partition coefficient (Wildman–Crippen LogP) is 0.787. The number of nitrogens with two attached hydrogens (primary N) is 1. The highest BCUT2D eigenvalue weighted by atomic mass is 32.2. The molecule has 0 atom stereocenters. The summed E-state index contributed by atoms with van der Waals surface area (Å²) in [5.41, 5.74) is 6.77. The molecule has 1 aromatic rings. The van der Waals surface area contributed by atoms with Crippen molar-refractivity contribution in [1.82, 2.24) is 4.98 Å². The quantitative estimate of drug-likeness (QED) is 0.742. The van der Waals surface area contributed by atoms with Crippen LogP contribution >= 0.6 is 11.8 Å². The molecule has 0 radical (unpaired) electrons. The van der Waals surface area contributed by atoms with E-state index in [2.05, 4.69) is 16.8 Å². The molecule has 16 heavy (non-hydrogen) atoms. The van der Waals surface area contributed by atoms with E-state index in [0.717, 1.165) is 11.8 Å². The van der Waals surface area contributed by atoms with Gasteiger partial charge in [0.15, 0.2) is 5.12 Å². The first-order valence-electron chi connectivity index (χ1n) is 4.61. The van der Waals surface area contributed by atoms with Gasteiger partial charge in [0.2, 0.25) is 0 Å². The fraction of sp³-hybridized carbons (Fsp3) is 0.273. The Morgan fingerprint density at radius 3 is 3.06 bits per heavy atom. The first-order chi connectivity index (χ1) is 7.63. The van der Waals surface area contributed by atoms with Gasteiger partial charge < -0.3 is 10.8 Å². The molecule has 0 aliphatic carbocycles. The van der Waals surface area contributed by atoms with E-state index in [-0.39, 0.29) is 11.7 Å². The van der Waals surface area contributed by atoms with Crippen LogP contribution in [0.5, 0.6) is 0 Å².